The van der Waals surface area contributed by atoms with E-state index >= 15 is 0 Å². The van der Waals surface area contributed by atoms with Gasteiger partial charge in [0.15, 0.2) is 0 Å². The summed E-state index contributed by atoms with van der Waals surface area (Å²) in [5.74, 6) is -0.323. The van der Waals surface area contributed by atoms with Gasteiger partial charge in [-0.3, -0.25) is 19.5 Å². The van der Waals surface area contributed by atoms with Gasteiger partial charge in [-0.2, -0.15) is 0 Å². The van der Waals surface area contributed by atoms with Crippen LogP contribution in [0.2, 0.25) is 0 Å². The Morgan fingerprint density at radius 1 is 1.25 bits per heavy atom. The second kappa shape index (κ2) is 5.22. The van der Waals surface area contributed by atoms with Crippen LogP contribution in [0.1, 0.15) is 23.9 Å². The smallest absolute Gasteiger partial charge is 0.264 e. The first-order chi connectivity index (χ1) is 9.63. The number of aliphatic hydroxyl groups is 1. The molecule has 2 N–H and O–H groups in total. The summed E-state index contributed by atoms with van der Waals surface area (Å²) in [5, 5.41) is 13.1. The summed E-state index contributed by atoms with van der Waals surface area (Å²) in [4.78, 5) is 13.2. The molecule has 2 aromatic rings. The van der Waals surface area contributed by atoms with E-state index in [9.17, 15) is 14.3 Å². The molecule has 0 saturated carbocycles. The Morgan fingerprint density at radius 3 is 2.75 bits per heavy atom. The second-order valence-corrected chi connectivity index (χ2v) is 5.01. The highest BCUT2D eigenvalue weighted by atomic mass is 19.1. The number of nitrogens with one attached hydrogen (secondary N) is 1. The van der Waals surface area contributed by atoms with E-state index in [2.05, 4.69) is 5.10 Å². The average molecular weight is 277 g/mol. The first kappa shape index (κ1) is 13.1. The molecular weight excluding hydrogens is 261 g/mol. The number of H-pyrrole nitrogens is 1. The van der Waals surface area contributed by atoms with Crippen LogP contribution >= 0.6 is 0 Å². The fourth-order valence-electron chi connectivity index (χ4n) is 2.57. The Labute approximate surface area is 115 Å². The van der Waals surface area contributed by atoms with Gasteiger partial charge < -0.3 is 5.11 Å². The maximum Gasteiger partial charge on any atom is 0.264 e. The van der Waals surface area contributed by atoms with E-state index in [0.29, 0.717) is 18.7 Å². The number of hydrogen-bond donors (Lipinski definition) is 2. The summed E-state index contributed by atoms with van der Waals surface area (Å²) >= 11 is 0. The fraction of sp³-hybridized carbons (Fsp3) is 0.357. The molecule has 1 aliphatic heterocycles. The SMILES string of the molecule is O=c1cc2n([nH]1)CCCN(C(O)c1ccc(F)cc1)C2. The van der Waals surface area contributed by atoms with Gasteiger partial charge in [-0.25, -0.2) is 4.39 Å². The maximum absolute atomic E-state index is 12.9. The molecule has 0 saturated heterocycles. The van der Waals surface area contributed by atoms with Crippen LogP contribution in [-0.4, -0.2) is 26.3 Å². The number of aromatic amines is 1. The number of aromatic nitrogens is 2. The molecule has 1 aliphatic rings. The standard InChI is InChI=1S/C14H16FN3O2/c15-11-4-2-10(3-5-11)14(20)17-6-1-7-18-12(9-17)8-13(19)16-18/h2-5,8,14,20H,1,6-7,9H2,(H,16,19). The molecule has 0 amide bonds. The van der Waals surface area contributed by atoms with Gasteiger partial charge in [0, 0.05) is 25.7 Å². The first-order valence-electron chi connectivity index (χ1n) is 6.60. The minimum absolute atomic E-state index is 0.127. The highest BCUT2D eigenvalue weighted by Gasteiger charge is 2.22. The van der Waals surface area contributed by atoms with E-state index in [-0.39, 0.29) is 11.4 Å². The number of benzene rings is 1. The molecule has 0 spiro atoms. The summed E-state index contributed by atoms with van der Waals surface area (Å²) in [6.07, 6.45) is 0.0303. The number of rotatable bonds is 2. The van der Waals surface area contributed by atoms with Gasteiger partial charge in [0.25, 0.3) is 5.56 Å². The van der Waals surface area contributed by atoms with Crippen molar-refractivity contribution in [2.75, 3.05) is 6.54 Å². The zero-order valence-corrected chi connectivity index (χ0v) is 10.9. The zero-order valence-electron chi connectivity index (χ0n) is 10.9. The Kier molecular flexibility index (Phi) is 3.42. The highest BCUT2D eigenvalue weighted by Crippen LogP contribution is 2.22. The fourth-order valence-corrected chi connectivity index (χ4v) is 2.57. The summed E-state index contributed by atoms with van der Waals surface area (Å²) in [6.45, 7) is 1.92. The Balaban J connectivity index is 1.83. The van der Waals surface area contributed by atoms with Crippen LogP contribution in [0, 0.1) is 5.82 Å². The lowest BCUT2D eigenvalue weighted by molar-refractivity contribution is -0.00346. The Morgan fingerprint density at radius 2 is 2.00 bits per heavy atom. The third-order valence-corrected chi connectivity index (χ3v) is 3.60. The zero-order chi connectivity index (χ0) is 14.1. The summed E-state index contributed by atoms with van der Waals surface area (Å²) < 4.78 is 14.7. The topological polar surface area (TPSA) is 61.3 Å². The number of hydrogen-bond acceptors (Lipinski definition) is 3. The van der Waals surface area contributed by atoms with Gasteiger partial charge >= 0.3 is 0 Å². The maximum atomic E-state index is 12.9. The lowest BCUT2D eigenvalue weighted by Crippen LogP contribution is -2.28. The molecule has 0 bridgehead atoms. The quantitative estimate of drug-likeness (QED) is 0.867. The molecule has 3 rings (SSSR count). The van der Waals surface area contributed by atoms with E-state index in [1.807, 2.05) is 9.58 Å². The molecule has 6 heteroatoms. The number of aliphatic hydroxyl groups excluding tert-OH is 1. The van der Waals surface area contributed by atoms with Crippen molar-refractivity contribution in [3.05, 3.63) is 57.8 Å². The van der Waals surface area contributed by atoms with Crippen LogP contribution in [0.4, 0.5) is 4.39 Å². The first-order valence-corrected chi connectivity index (χ1v) is 6.60. The van der Waals surface area contributed by atoms with E-state index in [1.165, 1.54) is 12.1 Å². The highest BCUT2D eigenvalue weighted by molar-refractivity contribution is 5.18. The van der Waals surface area contributed by atoms with Gasteiger partial charge in [-0.05, 0) is 24.1 Å². The number of nitrogens with zero attached hydrogens (tertiary/aromatic N) is 2. The molecule has 1 atom stereocenters. The molecule has 1 aromatic carbocycles. The van der Waals surface area contributed by atoms with Crippen LogP contribution in [0.15, 0.2) is 35.1 Å². The van der Waals surface area contributed by atoms with Crippen LogP contribution in [0.25, 0.3) is 0 Å². The molecule has 1 aromatic heterocycles. The van der Waals surface area contributed by atoms with E-state index in [1.54, 1.807) is 18.2 Å². The average Bonchev–Trinajstić information content (AvgIpc) is 2.66. The number of fused-ring (bicyclic) bond motifs is 1. The third kappa shape index (κ3) is 2.52. The molecule has 106 valence electrons. The molecule has 20 heavy (non-hydrogen) atoms. The van der Waals surface area contributed by atoms with Crippen molar-refractivity contribution in [1.29, 1.82) is 0 Å². The van der Waals surface area contributed by atoms with Crippen molar-refractivity contribution in [2.24, 2.45) is 0 Å². The predicted octanol–water partition coefficient (Wildman–Crippen LogP) is 1.21. The molecule has 0 aliphatic carbocycles. The minimum atomic E-state index is -0.799. The van der Waals surface area contributed by atoms with Gasteiger partial charge in [0.05, 0.1) is 5.69 Å². The van der Waals surface area contributed by atoms with Crippen LogP contribution in [-0.2, 0) is 13.1 Å². The van der Waals surface area contributed by atoms with Crippen LogP contribution < -0.4 is 5.56 Å². The summed E-state index contributed by atoms with van der Waals surface area (Å²) in [7, 11) is 0. The van der Waals surface area contributed by atoms with Gasteiger partial charge in [-0.1, -0.05) is 12.1 Å². The lowest BCUT2D eigenvalue weighted by atomic mass is 10.1. The van der Waals surface area contributed by atoms with Crippen LogP contribution in [0.5, 0.6) is 0 Å². The third-order valence-electron chi connectivity index (χ3n) is 3.60. The number of aryl methyl sites for hydroxylation is 1. The summed E-state index contributed by atoms with van der Waals surface area (Å²) in [6, 6.07) is 7.38. The monoisotopic (exact) mass is 277 g/mol. The van der Waals surface area contributed by atoms with Crippen molar-refractivity contribution in [3.8, 4) is 0 Å². The van der Waals surface area contributed by atoms with E-state index in [4.69, 9.17) is 0 Å². The van der Waals surface area contributed by atoms with E-state index in [0.717, 1.165) is 18.7 Å². The van der Waals surface area contributed by atoms with Gasteiger partial charge in [0.2, 0.25) is 0 Å². The summed E-state index contributed by atoms with van der Waals surface area (Å²) in [5.41, 5.74) is 1.38. The molecule has 0 radical (unpaired) electrons. The Bertz CT molecular complexity index is 647. The van der Waals surface area contributed by atoms with Crippen molar-refractivity contribution < 1.29 is 9.50 Å². The molecule has 0 fully saturated rings. The molecule has 1 unspecified atom stereocenters. The van der Waals surface area contributed by atoms with Crippen molar-refractivity contribution in [3.63, 3.8) is 0 Å². The second-order valence-electron chi connectivity index (χ2n) is 5.01. The van der Waals surface area contributed by atoms with E-state index < -0.39 is 6.23 Å². The Hall–Kier alpha value is -1.92. The van der Waals surface area contributed by atoms with Crippen molar-refractivity contribution in [1.82, 2.24) is 14.7 Å². The number of halogens is 1. The molecule has 2 heterocycles. The molecular formula is C14H16FN3O2. The van der Waals surface area contributed by atoms with Gasteiger partial charge in [-0.15, -0.1) is 0 Å². The van der Waals surface area contributed by atoms with Crippen LogP contribution in [0.3, 0.4) is 0 Å². The minimum Gasteiger partial charge on any atom is -0.374 e. The predicted molar refractivity (Wildman–Crippen MR) is 71.4 cm³/mol. The largest absolute Gasteiger partial charge is 0.374 e. The van der Waals surface area contributed by atoms with Gasteiger partial charge in [0.1, 0.15) is 12.0 Å². The molecule has 5 nitrogen and oxygen atoms in total. The van der Waals surface area contributed by atoms with Crippen molar-refractivity contribution in [2.45, 2.75) is 25.7 Å². The normalized spacial score (nSPS) is 17.5. The lowest BCUT2D eigenvalue weighted by Gasteiger charge is -2.26. The van der Waals surface area contributed by atoms with Crippen molar-refractivity contribution >= 4 is 0 Å².